The van der Waals surface area contributed by atoms with Gasteiger partial charge in [0.25, 0.3) is 0 Å². The third kappa shape index (κ3) is 4.33. The SMILES string of the molecule is COc1ccccc1-n1nnnc1SCC(=O)Nc1ccc(I)cc1C. The van der Waals surface area contributed by atoms with Crippen LogP contribution < -0.4 is 10.1 Å². The fourth-order valence-electron chi connectivity index (χ4n) is 2.31. The van der Waals surface area contributed by atoms with Crippen LogP contribution in [0.25, 0.3) is 5.69 Å². The number of hydrogen-bond acceptors (Lipinski definition) is 6. The predicted molar refractivity (Wildman–Crippen MR) is 109 cm³/mol. The number of halogens is 1. The highest BCUT2D eigenvalue weighted by molar-refractivity contribution is 14.1. The fourth-order valence-corrected chi connectivity index (χ4v) is 3.64. The number of nitrogens with zero attached hydrogens (tertiary/aromatic N) is 4. The van der Waals surface area contributed by atoms with Gasteiger partial charge >= 0.3 is 0 Å². The zero-order chi connectivity index (χ0) is 18.5. The van der Waals surface area contributed by atoms with Gasteiger partial charge in [-0.1, -0.05) is 23.9 Å². The molecule has 0 unspecified atom stereocenters. The Morgan fingerprint density at radius 1 is 1.31 bits per heavy atom. The first kappa shape index (κ1) is 18.6. The van der Waals surface area contributed by atoms with Crippen LogP contribution in [0.2, 0.25) is 0 Å². The molecule has 0 aliphatic heterocycles. The van der Waals surface area contributed by atoms with Crippen molar-refractivity contribution in [2.45, 2.75) is 12.1 Å². The van der Waals surface area contributed by atoms with E-state index in [4.69, 9.17) is 4.74 Å². The lowest BCUT2D eigenvalue weighted by Gasteiger charge is -2.10. The highest BCUT2D eigenvalue weighted by atomic mass is 127. The molecule has 7 nitrogen and oxygen atoms in total. The molecule has 0 radical (unpaired) electrons. The van der Waals surface area contributed by atoms with Crippen LogP contribution in [0.1, 0.15) is 5.56 Å². The van der Waals surface area contributed by atoms with Gasteiger partial charge in [0.05, 0.1) is 12.9 Å². The van der Waals surface area contributed by atoms with Gasteiger partial charge in [0, 0.05) is 9.26 Å². The summed E-state index contributed by atoms with van der Waals surface area (Å²) in [4.78, 5) is 12.3. The molecule has 3 aromatic rings. The Balaban J connectivity index is 1.69. The van der Waals surface area contributed by atoms with Crippen molar-refractivity contribution >= 4 is 45.9 Å². The Hall–Kier alpha value is -2.14. The lowest BCUT2D eigenvalue weighted by atomic mass is 10.2. The Kier molecular flexibility index (Phi) is 6.09. The van der Waals surface area contributed by atoms with Gasteiger partial charge in [0.2, 0.25) is 11.1 Å². The average molecular weight is 481 g/mol. The summed E-state index contributed by atoms with van der Waals surface area (Å²) in [6.45, 7) is 1.97. The Morgan fingerprint density at radius 3 is 2.88 bits per heavy atom. The van der Waals surface area contributed by atoms with E-state index in [0.717, 1.165) is 20.5 Å². The average Bonchev–Trinajstić information content (AvgIpc) is 3.10. The van der Waals surface area contributed by atoms with Gasteiger partial charge in [0.15, 0.2) is 0 Å². The van der Waals surface area contributed by atoms with Crippen LogP contribution in [0.5, 0.6) is 5.75 Å². The highest BCUT2D eigenvalue weighted by Crippen LogP contribution is 2.25. The van der Waals surface area contributed by atoms with Crippen molar-refractivity contribution < 1.29 is 9.53 Å². The molecule has 0 bridgehead atoms. The number of anilines is 1. The zero-order valence-electron chi connectivity index (χ0n) is 14.1. The molecule has 0 aliphatic rings. The normalized spacial score (nSPS) is 10.6. The number of rotatable bonds is 6. The molecular weight excluding hydrogens is 465 g/mol. The fraction of sp³-hybridized carbons (Fsp3) is 0.176. The number of para-hydroxylation sites is 2. The molecule has 1 amide bonds. The van der Waals surface area contributed by atoms with E-state index >= 15 is 0 Å². The van der Waals surface area contributed by atoms with E-state index in [-0.39, 0.29) is 11.7 Å². The Morgan fingerprint density at radius 2 is 2.12 bits per heavy atom. The largest absolute Gasteiger partial charge is 0.494 e. The van der Waals surface area contributed by atoms with Crippen LogP contribution in [0, 0.1) is 10.5 Å². The molecule has 0 atom stereocenters. The first-order valence-electron chi connectivity index (χ1n) is 7.69. The van der Waals surface area contributed by atoms with E-state index in [0.29, 0.717) is 10.9 Å². The lowest BCUT2D eigenvalue weighted by Crippen LogP contribution is -2.15. The molecule has 134 valence electrons. The number of amides is 1. The summed E-state index contributed by atoms with van der Waals surface area (Å²) in [5.74, 6) is 0.732. The standard InChI is InChI=1S/C17H16IN5O2S/c1-11-9-12(18)7-8-13(11)19-16(24)10-26-17-20-21-22-23(17)14-5-3-4-6-15(14)25-2/h3-9H,10H2,1-2H3,(H,19,24). The maximum atomic E-state index is 12.3. The predicted octanol–water partition coefficient (Wildman–Crippen LogP) is 3.31. The molecule has 0 aliphatic carbocycles. The molecular formula is C17H16IN5O2S. The van der Waals surface area contributed by atoms with Gasteiger partial charge in [-0.15, -0.1) is 5.10 Å². The number of nitrogens with one attached hydrogen (secondary N) is 1. The number of aryl methyl sites for hydroxylation is 1. The van der Waals surface area contributed by atoms with Crippen molar-refractivity contribution in [3.05, 3.63) is 51.6 Å². The molecule has 0 saturated heterocycles. The molecule has 2 aromatic carbocycles. The maximum Gasteiger partial charge on any atom is 0.234 e. The third-order valence-electron chi connectivity index (χ3n) is 3.55. The second-order valence-corrected chi connectivity index (χ2v) is 7.53. The minimum atomic E-state index is -0.117. The summed E-state index contributed by atoms with van der Waals surface area (Å²) in [7, 11) is 1.59. The van der Waals surface area contributed by atoms with E-state index in [1.54, 1.807) is 11.8 Å². The second kappa shape index (κ2) is 8.49. The first-order valence-corrected chi connectivity index (χ1v) is 9.75. The quantitative estimate of drug-likeness (QED) is 0.430. The smallest absolute Gasteiger partial charge is 0.234 e. The lowest BCUT2D eigenvalue weighted by molar-refractivity contribution is -0.113. The van der Waals surface area contributed by atoms with Crippen LogP contribution >= 0.6 is 34.4 Å². The molecule has 26 heavy (non-hydrogen) atoms. The van der Waals surface area contributed by atoms with Crippen molar-refractivity contribution in [1.29, 1.82) is 0 Å². The molecule has 3 rings (SSSR count). The molecule has 1 N–H and O–H groups in total. The van der Waals surface area contributed by atoms with E-state index in [2.05, 4.69) is 43.4 Å². The number of tetrazole rings is 1. The van der Waals surface area contributed by atoms with E-state index in [1.165, 1.54) is 11.8 Å². The molecule has 0 saturated carbocycles. The van der Waals surface area contributed by atoms with Crippen molar-refractivity contribution in [3.8, 4) is 11.4 Å². The molecule has 0 fully saturated rings. The number of methoxy groups -OCH3 is 1. The Labute approximate surface area is 168 Å². The summed E-state index contributed by atoms with van der Waals surface area (Å²) < 4.78 is 8.04. The van der Waals surface area contributed by atoms with Crippen LogP contribution in [-0.2, 0) is 4.79 Å². The molecule has 1 heterocycles. The van der Waals surface area contributed by atoms with Crippen LogP contribution in [0.4, 0.5) is 5.69 Å². The number of benzene rings is 2. The molecule has 9 heteroatoms. The first-order chi connectivity index (χ1) is 12.6. The number of carbonyl (C=O) groups is 1. The number of ether oxygens (including phenoxy) is 1. The zero-order valence-corrected chi connectivity index (χ0v) is 17.1. The van der Waals surface area contributed by atoms with Crippen LogP contribution in [-0.4, -0.2) is 39.0 Å². The van der Waals surface area contributed by atoms with Crippen molar-refractivity contribution in [2.24, 2.45) is 0 Å². The van der Waals surface area contributed by atoms with Gasteiger partial charge < -0.3 is 10.1 Å². The highest BCUT2D eigenvalue weighted by Gasteiger charge is 2.15. The van der Waals surface area contributed by atoms with E-state index < -0.39 is 0 Å². The topological polar surface area (TPSA) is 81.9 Å². The maximum absolute atomic E-state index is 12.3. The van der Waals surface area contributed by atoms with Crippen molar-refractivity contribution in [3.63, 3.8) is 0 Å². The number of thioether (sulfide) groups is 1. The van der Waals surface area contributed by atoms with Gasteiger partial charge in [-0.2, -0.15) is 4.68 Å². The van der Waals surface area contributed by atoms with Gasteiger partial charge in [0.1, 0.15) is 11.4 Å². The number of aromatic nitrogens is 4. The monoisotopic (exact) mass is 481 g/mol. The van der Waals surface area contributed by atoms with Gasteiger partial charge in [-0.05, 0) is 75.8 Å². The van der Waals surface area contributed by atoms with E-state index in [9.17, 15) is 4.79 Å². The van der Waals surface area contributed by atoms with Gasteiger partial charge in [-0.25, -0.2) is 0 Å². The van der Waals surface area contributed by atoms with Gasteiger partial charge in [-0.3, -0.25) is 4.79 Å². The summed E-state index contributed by atoms with van der Waals surface area (Å²) in [6, 6.07) is 13.3. The summed E-state index contributed by atoms with van der Waals surface area (Å²) in [5.41, 5.74) is 2.55. The second-order valence-electron chi connectivity index (χ2n) is 5.34. The Bertz CT molecular complexity index is 931. The van der Waals surface area contributed by atoms with Crippen LogP contribution in [0.15, 0.2) is 47.6 Å². The molecule has 1 aromatic heterocycles. The van der Waals surface area contributed by atoms with Crippen molar-refractivity contribution in [1.82, 2.24) is 20.2 Å². The summed E-state index contributed by atoms with van der Waals surface area (Å²) in [6.07, 6.45) is 0. The minimum absolute atomic E-state index is 0.117. The van der Waals surface area contributed by atoms with Crippen LogP contribution in [0.3, 0.4) is 0 Å². The summed E-state index contributed by atoms with van der Waals surface area (Å²) in [5, 5.41) is 15.2. The number of hydrogen-bond donors (Lipinski definition) is 1. The minimum Gasteiger partial charge on any atom is -0.494 e. The van der Waals surface area contributed by atoms with Crippen molar-refractivity contribution in [2.75, 3.05) is 18.2 Å². The number of carbonyl (C=O) groups excluding carboxylic acids is 1. The molecule has 0 spiro atoms. The van der Waals surface area contributed by atoms with E-state index in [1.807, 2.05) is 49.4 Å². The third-order valence-corrected chi connectivity index (χ3v) is 5.14. The summed E-state index contributed by atoms with van der Waals surface area (Å²) >= 11 is 3.50.